The van der Waals surface area contributed by atoms with E-state index in [1.165, 1.54) is 26.6 Å². The Labute approximate surface area is 230 Å². The molecule has 2 fully saturated rings. The van der Waals surface area contributed by atoms with E-state index in [1.807, 2.05) is 6.07 Å². The number of anilines is 2. The summed E-state index contributed by atoms with van der Waals surface area (Å²) >= 11 is 0. The molecule has 0 aliphatic carbocycles. The van der Waals surface area contributed by atoms with Crippen molar-refractivity contribution < 1.29 is 37.2 Å². The molecule has 40 heavy (non-hydrogen) atoms. The van der Waals surface area contributed by atoms with Gasteiger partial charge in [-0.3, -0.25) is 0 Å². The smallest absolute Gasteiger partial charge is 0.228 e. The van der Waals surface area contributed by atoms with Crippen molar-refractivity contribution in [1.29, 1.82) is 0 Å². The molecule has 0 spiro atoms. The molecule has 2 aromatic heterocycles. The number of rotatable bonds is 11. The summed E-state index contributed by atoms with van der Waals surface area (Å²) in [5.41, 5.74) is 0.395. The van der Waals surface area contributed by atoms with Crippen LogP contribution in [0.3, 0.4) is 0 Å². The molecule has 1 aromatic carbocycles. The number of hydrogen-bond donors (Lipinski definition) is 1. The van der Waals surface area contributed by atoms with Crippen molar-refractivity contribution in [2.75, 3.05) is 32.8 Å². The summed E-state index contributed by atoms with van der Waals surface area (Å²) in [5.74, 6) is -0.883. The molecule has 2 atom stereocenters. The molecule has 3 aromatic rings. The highest BCUT2D eigenvalue weighted by Gasteiger charge is 2.23. The third-order valence-corrected chi connectivity index (χ3v) is 6.69. The van der Waals surface area contributed by atoms with Gasteiger partial charge >= 0.3 is 0 Å². The van der Waals surface area contributed by atoms with Crippen LogP contribution in [0.25, 0.3) is 0 Å². The van der Waals surface area contributed by atoms with Gasteiger partial charge in [0.25, 0.3) is 0 Å². The van der Waals surface area contributed by atoms with E-state index in [-0.39, 0.29) is 41.3 Å². The van der Waals surface area contributed by atoms with Crippen LogP contribution in [-0.4, -0.2) is 53.5 Å². The number of benzene rings is 1. The molecule has 2 saturated heterocycles. The lowest BCUT2D eigenvalue weighted by atomic mass is 10.1. The highest BCUT2D eigenvalue weighted by atomic mass is 19.1. The van der Waals surface area contributed by atoms with Gasteiger partial charge in [0.2, 0.25) is 5.95 Å². The van der Waals surface area contributed by atoms with Crippen LogP contribution in [0.1, 0.15) is 56.0 Å². The summed E-state index contributed by atoms with van der Waals surface area (Å²) in [7, 11) is 2.57. The van der Waals surface area contributed by atoms with E-state index in [1.54, 1.807) is 4.68 Å². The number of halogens is 2. The molecule has 1 N–H and O–H groups in total. The Bertz CT molecular complexity index is 1240. The predicted octanol–water partition coefficient (Wildman–Crippen LogP) is 5.03. The fourth-order valence-corrected chi connectivity index (χ4v) is 4.55. The van der Waals surface area contributed by atoms with Crippen LogP contribution in [0.2, 0.25) is 0 Å². The van der Waals surface area contributed by atoms with E-state index >= 15 is 0 Å². The second-order valence-electron chi connectivity index (χ2n) is 9.44. The molecule has 0 amide bonds. The van der Waals surface area contributed by atoms with Gasteiger partial charge in [0.1, 0.15) is 12.4 Å². The number of nitrogens with zero attached hydrogens (tertiary/aromatic N) is 4. The summed E-state index contributed by atoms with van der Waals surface area (Å²) in [6.45, 7) is 1.25. The summed E-state index contributed by atoms with van der Waals surface area (Å²) in [5, 5.41) is 7.90. The first-order valence-electron chi connectivity index (χ1n) is 13.3. The van der Waals surface area contributed by atoms with Gasteiger partial charge in [-0.1, -0.05) is 0 Å². The molecule has 2 aliphatic rings. The number of hydrogen-bond acceptors (Lipinski definition) is 10. The molecule has 11 nitrogen and oxygen atoms in total. The van der Waals surface area contributed by atoms with Crippen molar-refractivity contribution in [1.82, 2.24) is 19.7 Å². The van der Waals surface area contributed by atoms with Gasteiger partial charge < -0.3 is 33.7 Å². The van der Waals surface area contributed by atoms with Crippen LogP contribution in [0.5, 0.6) is 17.2 Å². The normalized spacial score (nSPS) is 19.3. The second kappa shape index (κ2) is 13.2. The SMILES string of the molecule is COc1cc(OC)c(F)c(COc2cnc(Nc3cc(COC4CCCCO4)nn3C3CCCCO3)nc2)c1F. The minimum Gasteiger partial charge on any atom is -0.494 e. The maximum absolute atomic E-state index is 14.6. The third-order valence-electron chi connectivity index (χ3n) is 6.69. The third kappa shape index (κ3) is 6.60. The minimum atomic E-state index is -0.868. The standard InChI is InChI=1S/C27H33F2N5O6/c1-35-20-12-21(36-2)26(29)19(25(20)28)16-39-18-13-30-27(31-14-18)32-22-11-17(15-40-24-8-4-6-10-38-24)33-34(22)23-7-3-5-9-37-23/h11-14,23-24H,3-10,15-16H2,1-2H3,(H,30,31,32). The van der Waals surface area contributed by atoms with Crippen molar-refractivity contribution in [3.05, 3.63) is 47.4 Å². The average Bonchev–Trinajstić information content (AvgIpc) is 3.40. The van der Waals surface area contributed by atoms with Gasteiger partial charge in [-0.05, 0) is 38.5 Å². The van der Waals surface area contributed by atoms with Crippen LogP contribution in [0.15, 0.2) is 24.5 Å². The van der Waals surface area contributed by atoms with E-state index in [2.05, 4.69) is 15.3 Å². The molecule has 2 unspecified atom stereocenters. The molecular formula is C27H33F2N5O6. The lowest BCUT2D eigenvalue weighted by Gasteiger charge is -2.24. The van der Waals surface area contributed by atoms with Crippen LogP contribution in [-0.2, 0) is 27.4 Å². The number of aromatic nitrogens is 4. The largest absolute Gasteiger partial charge is 0.494 e. The zero-order chi connectivity index (χ0) is 27.9. The van der Waals surface area contributed by atoms with Crippen molar-refractivity contribution in [2.24, 2.45) is 0 Å². The molecule has 2 aliphatic heterocycles. The van der Waals surface area contributed by atoms with Crippen molar-refractivity contribution in [3.63, 3.8) is 0 Å². The van der Waals surface area contributed by atoms with E-state index < -0.39 is 18.2 Å². The fraction of sp³-hybridized carbons (Fsp3) is 0.519. The van der Waals surface area contributed by atoms with Crippen LogP contribution < -0.4 is 19.5 Å². The van der Waals surface area contributed by atoms with Gasteiger partial charge in [0.05, 0.1) is 44.5 Å². The van der Waals surface area contributed by atoms with E-state index in [9.17, 15) is 8.78 Å². The lowest BCUT2D eigenvalue weighted by molar-refractivity contribution is -0.169. The van der Waals surface area contributed by atoms with Crippen molar-refractivity contribution in [3.8, 4) is 17.2 Å². The first-order valence-corrected chi connectivity index (χ1v) is 13.3. The van der Waals surface area contributed by atoms with Gasteiger partial charge in [0, 0.05) is 25.3 Å². The monoisotopic (exact) mass is 561 g/mol. The Balaban J connectivity index is 1.26. The fourth-order valence-electron chi connectivity index (χ4n) is 4.55. The lowest BCUT2D eigenvalue weighted by Crippen LogP contribution is -2.22. The number of nitrogens with one attached hydrogen (secondary N) is 1. The summed E-state index contributed by atoms with van der Waals surface area (Å²) < 4.78 is 64.1. The van der Waals surface area contributed by atoms with Gasteiger partial charge in [-0.25, -0.2) is 23.4 Å². The van der Waals surface area contributed by atoms with Crippen molar-refractivity contribution in [2.45, 2.75) is 64.3 Å². The van der Waals surface area contributed by atoms with Crippen molar-refractivity contribution >= 4 is 11.8 Å². The Morgan fingerprint density at radius 3 is 2.25 bits per heavy atom. The van der Waals surface area contributed by atoms with Gasteiger partial charge in [0.15, 0.2) is 41.4 Å². The van der Waals surface area contributed by atoms with E-state index in [0.717, 1.165) is 50.3 Å². The maximum atomic E-state index is 14.6. The molecule has 0 bridgehead atoms. The molecule has 0 saturated carbocycles. The maximum Gasteiger partial charge on any atom is 0.228 e. The first kappa shape index (κ1) is 28.0. The van der Waals surface area contributed by atoms with Crippen LogP contribution in [0, 0.1) is 11.6 Å². The van der Waals surface area contributed by atoms with Crippen LogP contribution in [0.4, 0.5) is 20.5 Å². The molecule has 216 valence electrons. The summed E-state index contributed by atoms with van der Waals surface area (Å²) in [6.07, 6.45) is 8.25. The Morgan fingerprint density at radius 1 is 0.925 bits per heavy atom. The quantitative estimate of drug-likeness (QED) is 0.342. The predicted molar refractivity (Wildman–Crippen MR) is 139 cm³/mol. The van der Waals surface area contributed by atoms with Gasteiger partial charge in [-0.2, -0.15) is 5.10 Å². The Kier molecular flexibility index (Phi) is 9.24. The average molecular weight is 562 g/mol. The van der Waals surface area contributed by atoms with E-state index in [4.69, 9.17) is 33.5 Å². The molecule has 5 rings (SSSR count). The highest BCUT2D eigenvalue weighted by Crippen LogP contribution is 2.32. The highest BCUT2D eigenvalue weighted by molar-refractivity contribution is 5.49. The Morgan fingerprint density at radius 2 is 1.62 bits per heavy atom. The van der Waals surface area contributed by atoms with E-state index in [0.29, 0.717) is 25.6 Å². The zero-order valence-electron chi connectivity index (χ0n) is 22.5. The van der Waals surface area contributed by atoms with Crippen LogP contribution >= 0.6 is 0 Å². The second-order valence-corrected chi connectivity index (χ2v) is 9.44. The molecular weight excluding hydrogens is 528 g/mol. The minimum absolute atomic E-state index is 0.151. The Hall–Kier alpha value is -3.55. The summed E-state index contributed by atoms with van der Waals surface area (Å²) in [6, 6.07) is 3.01. The molecule has 4 heterocycles. The summed E-state index contributed by atoms with van der Waals surface area (Å²) in [4.78, 5) is 8.59. The zero-order valence-corrected chi connectivity index (χ0v) is 22.5. The number of methoxy groups -OCH3 is 2. The molecule has 13 heteroatoms. The number of ether oxygens (including phenoxy) is 6. The molecule has 0 radical (unpaired) electrons. The van der Waals surface area contributed by atoms with Gasteiger partial charge in [-0.15, -0.1) is 0 Å². The first-order chi connectivity index (χ1) is 19.6. The topological polar surface area (TPSA) is 111 Å².